The largest absolute Gasteiger partial charge is 0.496 e. The first-order valence-electron chi connectivity index (χ1n) is 6.46. The van der Waals surface area contributed by atoms with Gasteiger partial charge in [0.15, 0.2) is 0 Å². The van der Waals surface area contributed by atoms with Crippen LogP contribution in [0.15, 0.2) is 40.9 Å². The van der Waals surface area contributed by atoms with E-state index in [9.17, 15) is 14.9 Å². The topological polar surface area (TPSA) is 105 Å². The monoisotopic (exact) mass is 380 g/mol. The van der Waals surface area contributed by atoms with Crippen molar-refractivity contribution >= 4 is 33.3 Å². The van der Waals surface area contributed by atoms with Crippen LogP contribution in [0.1, 0.15) is 15.9 Å². The molecule has 0 spiro atoms. The molecule has 0 saturated heterocycles. The smallest absolute Gasteiger partial charge is 0.340 e. The van der Waals surface area contributed by atoms with E-state index < -0.39 is 10.9 Å². The van der Waals surface area contributed by atoms with Crippen molar-refractivity contribution in [2.75, 3.05) is 12.8 Å². The van der Waals surface area contributed by atoms with E-state index in [0.717, 1.165) is 10.5 Å². The van der Waals surface area contributed by atoms with E-state index in [1.807, 2.05) is 0 Å². The van der Waals surface area contributed by atoms with Gasteiger partial charge >= 0.3 is 5.97 Å². The van der Waals surface area contributed by atoms with Crippen LogP contribution in [0, 0.1) is 10.1 Å². The molecule has 120 valence electrons. The Morgan fingerprint density at radius 2 is 2.04 bits per heavy atom. The third-order valence-corrected chi connectivity index (χ3v) is 3.56. The average molecular weight is 381 g/mol. The van der Waals surface area contributed by atoms with Gasteiger partial charge in [0.2, 0.25) is 0 Å². The van der Waals surface area contributed by atoms with Crippen molar-refractivity contribution in [3.63, 3.8) is 0 Å². The van der Waals surface area contributed by atoms with Gasteiger partial charge in [-0.2, -0.15) is 0 Å². The first-order chi connectivity index (χ1) is 10.9. The number of benzene rings is 2. The van der Waals surface area contributed by atoms with Crippen LogP contribution in [0.5, 0.6) is 5.75 Å². The zero-order chi connectivity index (χ0) is 17.0. The van der Waals surface area contributed by atoms with E-state index in [2.05, 4.69) is 15.9 Å². The summed E-state index contributed by atoms with van der Waals surface area (Å²) in [6.07, 6.45) is 0. The Kier molecular flexibility index (Phi) is 5.17. The second-order valence-corrected chi connectivity index (χ2v) is 5.48. The Bertz CT molecular complexity index is 764. The number of carbonyl (C=O) groups excluding carboxylic acids is 1. The lowest BCUT2D eigenvalue weighted by Crippen LogP contribution is -2.09. The Morgan fingerprint density at radius 1 is 1.30 bits per heavy atom. The van der Waals surface area contributed by atoms with Crippen LogP contribution in [0.2, 0.25) is 0 Å². The predicted molar refractivity (Wildman–Crippen MR) is 87.3 cm³/mol. The summed E-state index contributed by atoms with van der Waals surface area (Å²) in [4.78, 5) is 22.2. The third kappa shape index (κ3) is 3.98. The molecule has 0 heterocycles. The molecule has 0 amide bonds. The number of nitro benzene ring substituents is 1. The first-order valence-corrected chi connectivity index (χ1v) is 7.25. The Hall–Kier alpha value is -2.61. The quantitative estimate of drug-likeness (QED) is 0.369. The Labute approximate surface area is 140 Å². The molecule has 2 aromatic carbocycles. The summed E-state index contributed by atoms with van der Waals surface area (Å²) < 4.78 is 11.2. The molecule has 0 aliphatic heterocycles. The lowest BCUT2D eigenvalue weighted by Gasteiger charge is -2.10. The molecule has 0 atom stereocenters. The number of anilines is 1. The molecule has 2 aromatic rings. The zero-order valence-electron chi connectivity index (χ0n) is 12.1. The maximum absolute atomic E-state index is 12.1. The fourth-order valence-corrected chi connectivity index (χ4v) is 2.34. The molecule has 0 aliphatic rings. The van der Waals surface area contributed by atoms with Gasteiger partial charge in [0.25, 0.3) is 5.69 Å². The summed E-state index contributed by atoms with van der Waals surface area (Å²) in [7, 11) is 1.52. The van der Waals surface area contributed by atoms with Crippen LogP contribution in [0.3, 0.4) is 0 Å². The van der Waals surface area contributed by atoms with E-state index in [0.29, 0.717) is 11.3 Å². The third-order valence-electron chi connectivity index (χ3n) is 3.07. The highest BCUT2D eigenvalue weighted by molar-refractivity contribution is 9.10. The number of hydrogen-bond acceptors (Lipinski definition) is 6. The van der Waals surface area contributed by atoms with E-state index in [1.165, 1.54) is 19.2 Å². The van der Waals surface area contributed by atoms with Crippen molar-refractivity contribution < 1.29 is 19.2 Å². The molecule has 2 rings (SSSR count). The number of methoxy groups -OCH3 is 1. The SMILES string of the molecule is COc1ccc(Br)cc1COC(=O)c1ccc([N+](=O)[O-])cc1N. The number of ether oxygens (including phenoxy) is 2. The minimum Gasteiger partial charge on any atom is -0.496 e. The van der Waals surface area contributed by atoms with Crippen molar-refractivity contribution in [3.8, 4) is 5.75 Å². The molecule has 0 radical (unpaired) electrons. The molecule has 0 fully saturated rings. The molecule has 0 aliphatic carbocycles. The van der Waals surface area contributed by atoms with E-state index in [4.69, 9.17) is 15.2 Å². The number of nitrogens with zero attached hydrogens (tertiary/aromatic N) is 1. The molecule has 8 heteroatoms. The maximum Gasteiger partial charge on any atom is 0.340 e. The lowest BCUT2D eigenvalue weighted by atomic mass is 10.1. The second kappa shape index (κ2) is 7.10. The minimum absolute atomic E-state index is 0.00888. The molecule has 0 aromatic heterocycles. The normalized spacial score (nSPS) is 10.2. The van der Waals surface area contributed by atoms with Crippen molar-refractivity contribution in [2.24, 2.45) is 0 Å². The standard InChI is InChI=1S/C15H13BrN2O5/c1-22-14-5-2-10(16)6-9(14)8-23-15(19)12-4-3-11(18(20)21)7-13(12)17/h2-7H,8,17H2,1H3. The Balaban J connectivity index is 2.14. The minimum atomic E-state index is -0.667. The van der Waals surface area contributed by atoms with Gasteiger partial charge in [0.1, 0.15) is 12.4 Å². The van der Waals surface area contributed by atoms with Gasteiger partial charge in [-0.05, 0) is 24.3 Å². The van der Waals surface area contributed by atoms with Crippen LogP contribution < -0.4 is 10.5 Å². The zero-order valence-corrected chi connectivity index (χ0v) is 13.7. The Morgan fingerprint density at radius 3 is 2.65 bits per heavy atom. The molecule has 0 unspecified atom stereocenters. The highest BCUT2D eigenvalue weighted by Gasteiger charge is 2.16. The van der Waals surface area contributed by atoms with Gasteiger partial charge < -0.3 is 15.2 Å². The number of nitrogens with two attached hydrogens (primary N) is 1. The number of non-ortho nitro benzene ring substituents is 1. The van der Waals surface area contributed by atoms with Gasteiger partial charge in [-0.15, -0.1) is 0 Å². The summed E-state index contributed by atoms with van der Waals surface area (Å²) in [5, 5.41) is 10.7. The van der Waals surface area contributed by atoms with Crippen LogP contribution in [0.25, 0.3) is 0 Å². The number of nitrogen functional groups attached to an aromatic ring is 1. The van der Waals surface area contributed by atoms with Crippen LogP contribution in [-0.4, -0.2) is 18.0 Å². The van der Waals surface area contributed by atoms with E-state index in [1.54, 1.807) is 18.2 Å². The summed E-state index contributed by atoms with van der Waals surface area (Å²) in [5.74, 6) is -0.0860. The van der Waals surface area contributed by atoms with Crippen molar-refractivity contribution in [3.05, 3.63) is 62.1 Å². The molecule has 0 bridgehead atoms. The highest BCUT2D eigenvalue weighted by atomic mass is 79.9. The van der Waals surface area contributed by atoms with Crippen LogP contribution in [0.4, 0.5) is 11.4 Å². The molecule has 2 N–H and O–H groups in total. The summed E-state index contributed by atoms with van der Waals surface area (Å²) >= 11 is 3.33. The van der Waals surface area contributed by atoms with Crippen molar-refractivity contribution in [1.29, 1.82) is 0 Å². The molecule has 0 saturated carbocycles. The number of hydrogen-bond donors (Lipinski definition) is 1. The summed E-state index contributed by atoms with van der Waals surface area (Å²) in [6.45, 7) is -0.0160. The number of halogens is 1. The van der Waals surface area contributed by atoms with Gasteiger partial charge in [-0.3, -0.25) is 10.1 Å². The van der Waals surface area contributed by atoms with E-state index in [-0.39, 0.29) is 23.5 Å². The van der Waals surface area contributed by atoms with Gasteiger partial charge in [-0.25, -0.2) is 4.79 Å². The summed E-state index contributed by atoms with van der Waals surface area (Å²) in [6, 6.07) is 8.91. The fraction of sp³-hybridized carbons (Fsp3) is 0.133. The maximum atomic E-state index is 12.1. The molecular formula is C15H13BrN2O5. The van der Waals surface area contributed by atoms with Gasteiger partial charge in [0.05, 0.1) is 23.3 Å². The molecular weight excluding hydrogens is 368 g/mol. The predicted octanol–water partition coefficient (Wildman–Crippen LogP) is 3.31. The van der Waals surface area contributed by atoms with Crippen molar-refractivity contribution in [1.82, 2.24) is 0 Å². The first kappa shape index (κ1) is 16.8. The fourth-order valence-electron chi connectivity index (χ4n) is 1.93. The van der Waals surface area contributed by atoms with E-state index >= 15 is 0 Å². The van der Waals surface area contributed by atoms with Gasteiger partial charge in [0, 0.05) is 22.2 Å². The van der Waals surface area contributed by atoms with Gasteiger partial charge in [-0.1, -0.05) is 15.9 Å². The van der Waals surface area contributed by atoms with Crippen LogP contribution in [-0.2, 0) is 11.3 Å². The average Bonchev–Trinajstić information content (AvgIpc) is 2.52. The van der Waals surface area contributed by atoms with Crippen molar-refractivity contribution in [2.45, 2.75) is 6.61 Å². The van der Waals surface area contributed by atoms with Crippen LogP contribution >= 0.6 is 15.9 Å². The second-order valence-electron chi connectivity index (χ2n) is 4.56. The molecule has 7 nitrogen and oxygen atoms in total. The molecule has 23 heavy (non-hydrogen) atoms. The lowest BCUT2D eigenvalue weighted by molar-refractivity contribution is -0.384. The number of nitro groups is 1. The highest BCUT2D eigenvalue weighted by Crippen LogP contribution is 2.25. The summed E-state index contributed by atoms with van der Waals surface area (Å²) in [5.41, 5.74) is 6.23. The number of esters is 1. The number of rotatable bonds is 5. The number of carbonyl (C=O) groups is 1.